The van der Waals surface area contributed by atoms with Gasteiger partial charge in [0, 0.05) is 10.5 Å². The first-order valence-electron chi connectivity index (χ1n) is 12.6. The molecule has 0 aliphatic carbocycles. The first-order valence-corrected chi connectivity index (χ1v) is 16.0. The predicted octanol–water partition coefficient (Wildman–Crippen LogP) is 8.23. The van der Waals surface area contributed by atoms with E-state index in [0.717, 1.165) is 23.7 Å². The monoisotopic (exact) mass is 574 g/mol. The molecule has 0 N–H and O–H groups in total. The van der Waals surface area contributed by atoms with Crippen LogP contribution in [0.1, 0.15) is 72.6 Å². The summed E-state index contributed by atoms with van der Waals surface area (Å²) in [6.07, 6.45) is 17.7. The summed E-state index contributed by atoms with van der Waals surface area (Å²) >= 11 is 2.49. The summed E-state index contributed by atoms with van der Waals surface area (Å²) in [5.74, 6) is 0. The van der Waals surface area contributed by atoms with Gasteiger partial charge in [-0.3, -0.25) is 0 Å². The lowest BCUT2D eigenvalue weighted by Crippen LogP contribution is -2.67. The van der Waals surface area contributed by atoms with Crippen LogP contribution < -0.4 is 10.4 Å². The van der Waals surface area contributed by atoms with Crippen molar-refractivity contribution < 1.29 is 4.43 Å². The molecule has 0 aromatic heterocycles. The van der Waals surface area contributed by atoms with Crippen molar-refractivity contribution in [2.75, 3.05) is 4.43 Å². The molecule has 0 amide bonds. The number of alkyl halides is 1. The van der Waals surface area contributed by atoms with Crippen molar-refractivity contribution in [3.05, 3.63) is 85.0 Å². The molecule has 0 saturated carbocycles. The molecule has 0 heterocycles. The first kappa shape index (κ1) is 28.1. The van der Waals surface area contributed by atoms with Crippen LogP contribution in [0.15, 0.2) is 85.0 Å². The second-order valence-corrected chi connectivity index (χ2v) is 15.1. The van der Waals surface area contributed by atoms with Crippen LogP contribution in [0, 0.1) is 0 Å². The molecule has 0 radical (unpaired) electrons. The molecule has 0 aliphatic heterocycles. The molecule has 180 valence electrons. The smallest absolute Gasteiger partial charge is 0.261 e. The van der Waals surface area contributed by atoms with Gasteiger partial charge in [-0.2, -0.15) is 0 Å². The topological polar surface area (TPSA) is 9.23 Å². The van der Waals surface area contributed by atoms with E-state index in [1.807, 2.05) is 0 Å². The minimum atomic E-state index is -2.49. The van der Waals surface area contributed by atoms with Gasteiger partial charge in [-0.05, 0) is 47.5 Å². The first-order chi connectivity index (χ1) is 16.0. The zero-order valence-electron chi connectivity index (χ0n) is 21.1. The van der Waals surface area contributed by atoms with Gasteiger partial charge in [0.2, 0.25) is 0 Å². The molecule has 1 atom stereocenters. The van der Waals surface area contributed by atoms with E-state index in [1.54, 1.807) is 0 Å². The van der Waals surface area contributed by atoms with Gasteiger partial charge in [-0.1, -0.05) is 148 Å². The van der Waals surface area contributed by atoms with Crippen molar-refractivity contribution in [1.82, 2.24) is 0 Å². The van der Waals surface area contributed by atoms with Crippen LogP contribution in [0.2, 0.25) is 5.04 Å². The third-order valence-electron chi connectivity index (χ3n) is 6.17. The zero-order valence-corrected chi connectivity index (χ0v) is 24.3. The lowest BCUT2D eigenvalue weighted by Gasteiger charge is -2.45. The Balaban J connectivity index is 2.24. The molecular weight excluding hydrogens is 531 g/mol. The van der Waals surface area contributed by atoms with Gasteiger partial charge in [0.05, 0.1) is 0 Å². The Morgan fingerprint density at radius 3 is 1.94 bits per heavy atom. The SMILES string of the molecule is CCCCC/C=C\C/C=C\CC(CCI)O[Si](c1ccccc1)(c1ccccc1)C(C)(C)C. The number of allylic oxidation sites excluding steroid dienone is 3. The van der Waals surface area contributed by atoms with Gasteiger partial charge in [-0.15, -0.1) is 0 Å². The molecule has 2 rings (SSSR count). The van der Waals surface area contributed by atoms with Gasteiger partial charge >= 0.3 is 0 Å². The van der Waals surface area contributed by atoms with Crippen LogP contribution in [0.4, 0.5) is 0 Å². The van der Waals surface area contributed by atoms with Gasteiger partial charge in [0.25, 0.3) is 8.32 Å². The molecule has 0 bridgehead atoms. The number of hydrogen-bond donors (Lipinski definition) is 0. The normalized spacial score (nSPS) is 13.7. The van der Waals surface area contributed by atoms with Gasteiger partial charge < -0.3 is 4.43 Å². The van der Waals surface area contributed by atoms with E-state index in [0.29, 0.717) is 0 Å². The maximum atomic E-state index is 7.35. The lowest BCUT2D eigenvalue weighted by molar-refractivity contribution is 0.188. The fourth-order valence-corrected chi connectivity index (χ4v) is 9.86. The summed E-state index contributed by atoms with van der Waals surface area (Å²) in [5.41, 5.74) is 0. The maximum Gasteiger partial charge on any atom is 0.261 e. The third kappa shape index (κ3) is 8.52. The van der Waals surface area contributed by atoms with Crippen molar-refractivity contribution in [3.63, 3.8) is 0 Å². The fraction of sp³-hybridized carbons (Fsp3) is 0.467. The highest BCUT2D eigenvalue weighted by Gasteiger charge is 2.51. The molecule has 33 heavy (non-hydrogen) atoms. The molecule has 1 unspecified atom stereocenters. The van der Waals surface area contributed by atoms with Crippen LogP contribution in [-0.4, -0.2) is 18.8 Å². The van der Waals surface area contributed by atoms with Gasteiger partial charge in [0.15, 0.2) is 0 Å². The molecule has 0 fully saturated rings. The summed E-state index contributed by atoms with van der Waals surface area (Å²) < 4.78 is 8.46. The second-order valence-electron chi connectivity index (χ2n) is 9.79. The van der Waals surface area contributed by atoms with E-state index < -0.39 is 8.32 Å². The number of hydrogen-bond acceptors (Lipinski definition) is 1. The van der Waals surface area contributed by atoms with Crippen LogP contribution in [-0.2, 0) is 4.43 Å². The van der Waals surface area contributed by atoms with E-state index in [9.17, 15) is 0 Å². The molecule has 0 aliphatic rings. The average Bonchev–Trinajstić information content (AvgIpc) is 2.81. The van der Waals surface area contributed by atoms with E-state index in [2.05, 4.69) is 135 Å². The summed E-state index contributed by atoms with van der Waals surface area (Å²) in [7, 11) is -2.49. The third-order valence-corrected chi connectivity index (χ3v) is 11.9. The number of unbranched alkanes of at least 4 members (excludes halogenated alkanes) is 3. The van der Waals surface area contributed by atoms with E-state index in [-0.39, 0.29) is 11.1 Å². The van der Waals surface area contributed by atoms with Crippen molar-refractivity contribution >= 4 is 41.3 Å². The Hall–Kier alpha value is -1.17. The predicted molar refractivity (Wildman–Crippen MR) is 158 cm³/mol. The van der Waals surface area contributed by atoms with Crippen molar-refractivity contribution in [3.8, 4) is 0 Å². The molecule has 2 aromatic rings. The lowest BCUT2D eigenvalue weighted by atomic mass is 10.1. The molecule has 2 aromatic carbocycles. The minimum Gasteiger partial charge on any atom is -0.404 e. The summed E-state index contributed by atoms with van der Waals surface area (Å²) in [6.45, 7) is 9.34. The number of halogens is 1. The standard InChI is InChI=1S/C30H43IOSi/c1-5-6-7-8-9-10-11-12-15-20-27(25-26-31)32-33(30(2,3)4,28-21-16-13-17-22-28)29-23-18-14-19-24-29/h9-10,12-19,21-24,27H,5-8,11,20,25-26H2,1-4H3/b10-9-,15-12-. The summed E-state index contributed by atoms with van der Waals surface area (Å²) in [5, 5.41) is 2.74. The molecule has 1 nitrogen and oxygen atoms in total. The van der Waals surface area contributed by atoms with Crippen LogP contribution in [0.3, 0.4) is 0 Å². The number of rotatable bonds is 14. The van der Waals surface area contributed by atoms with Crippen molar-refractivity contribution in [2.45, 2.75) is 83.8 Å². The van der Waals surface area contributed by atoms with Gasteiger partial charge in [0.1, 0.15) is 0 Å². The Morgan fingerprint density at radius 1 is 0.848 bits per heavy atom. The van der Waals surface area contributed by atoms with E-state index >= 15 is 0 Å². The highest BCUT2D eigenvalue weighted by Crippen LogP contribution is 2.38. The summed E-state index contributed by atoms with van der Waals surface area (Å²) in [6, 6.07) is 22.0. The highest BCUT2D eigenvalue weighted by molar-refractivity contribution is 14.1. The van der Waals surface area contributed by atoms with Crippen LogP contribution in [0.5, 0.6) is 0 Å². The Labute approximate surface area is 218 Å². The molecule has 0 saturated heterocycles. The van der Waals surface area contributed by atoms with E-state index in [4.69, 9.17) is 4.43 Å². The minimum absolute atomic E-state index is 0.0180. The summed E-state index contributed by atoms with van der Waals surface area (Å²) in [4.78, 5) is 0. The molecule has 3 heteroatoms. The Kier molecular flexibility index (Phi) is 12.7. The second kappa shape index (κ2) is 15.0. The van der Waals surface area contributed by atoms with Crippen molar-refractivity contribution in [1.29, 1.82) is 0 Å². The van der Waals surface area contributed by atoms with Crippen molar-refractivity contribution in [2.24, 2.45) is 0 Å². The highest BCUT2D eigenvalue weighted by atomic mass is 127. The maximum absolute atomic E-state index is 7.35. The largest absolute Gasteiger partial charge is 0.404 e. The fourth-order valence-electron chi connectivity index (χ4n) is 4.44. The Morgan fingerprint density at radius 2 is 1.42 bits per heavy atom. The quantitative estimate of drug-likeness (QED) is 0.0726. The van der Waals surface area contributed by atoms with Gasteiger partial charge in [-0.25, -0.2) is 0 Å². The Bertz CT molecular complexity index is 784. The van der Waals surface area contributed by atoms with E-state index in [1.165, 1.54) is 36.1 Å². The van der Waals surface area contributed by atoms with Crippen LogP contribution >= 0.6 is 22.6 Å². The van der Waals surface area contributed by atoms with Crippen LogP contribution in [0.25, 0.3) is 0 Å². The molecular formula is C30H43IOSi. The average molecular weight is 575 g/mol. The number of benzene rings is 2. The zero-order chi connectivity index (χ0) is 24.0. The molecule has 0 spiro atoms.